The number of nitrogens with zero attached hydrogens (tertiary/aromatic N) is 1. The Balaban J connectivity index is 2.06. The summed E-state index contributed by atoms with van der Waals surface area (Å²) in [5.41, 5.74) is 7.89. The zero-order chi connectivity index (χ0) is 23.0. The largest absolute Gasteiger partial charge is 0.369 e. The van der Waals surface area contributed by atoms with Crippen molar-refractivity contribution < 1.29 is 17.6 Å². The minimum Gasteiger partial charge on any atom is -0.369 e. The van der Waals surface area contributed by atoms with Crippen LogP contribution in [0, 0.1) is 18.7 Å². The highest BCUT2D eigenvalue weighted by atomic mass is 32.2. The molecule has 0 saturated carbocycles. The standard InChI is InChI=1S/C22H29FN4O3S/c1-4-25-22(26-13-17-7-10-20(15(2)11-17)31(3,29)30)27-14-18(21(24)28)12-16-5-8-19(23)9-6-16/h5-11,18H,4,12-14H2,1-3H3,(H2,24,28)(H2,25,26,27). The molecule has 1 atom stereocenters. The van der Waals surface area contributed by atoms with Gasteiger partial charge in [0, 0.05) is 19.3 Å². The highest BCUT2D eigenvalue weighted by Crippen LogP contribution is 2.17. The third-order valence-electron chi connectivity index (χ3n) is 4.72. The molecule has 0 heterocycles. The molecule has 1 unspecified atom stereocenters. The van der Waals surface area contributed by atoms with E-state index in [0.29, 0.717) is 35.9 Å². The lowest BCUT2D eigenvalue weighted by atomic mass is 9.98. The van der Waals surface area contributed by atoms with Crippen molar-refractivity contribution in [3.63, 3.8) is 0 Å². The normalized spacial score (nSPS) is 13.0. The van der Waals surface area contributed by atoms with Crippen LogP contribution in [-0.2, 0) is 27.6 Å². The predicted octanol–water partition coefficient (Wildman–Crippen LogP) is 1.94. The van der Waals surface area contributed by atoms with Crippen LogP contribution in [0.2, 0.25) is 0 Å². The van der Waals surface area contributed by atoms with Crippen LogP contribution in [0.25, 0.3) is 0 Å². The van der Waals surface area contributed by atoms with E-state index < -0.39 is 21.7 Å². The Morgan fingerprint density at radius 1 is 1.13 bits per heavy atom. The van der Waals surface area contributed by atoms with Crippen LogP contribution in [-0.4, -0.2) is 39.6 Å². The maximum Gasteiger partial charge on any atom is 0.222 e. The van der Waals surface area contributed by atoms with E-state index in [1.165, 1.54) is 18.4 Å². The van der Waals surface area contributed by atoms with E-state index in [1.807, 2.05) is 6.92 Å². The molecule has 0 bridgehead atoms. The molecule has 168 valence electrons. The lowest BCUT2D eigenvalue weighted by Crippen LogP contribution is -2.43. The fraction of sp³-hybridized carbons (Fsp3) is 0.364. The van der Waals surface area contributed by atoms with Crippen molar-refractivity contribution in [3.8, 4) is 0 Å². The highest BCUT2D eigenvalue weighted by Gasteiger charge is 2.17. The maximum absolute atomic E-state index is 13.1. The molecular formula is C22H29FN4O3S. The Labute approximate surface area is 182 Å². The van der Waals surface area contributed by atoms with Gasteiger partial charge in [-0.3, -0.25) is 4.79 Å². The first-order chi connectivity index (χ1) is 14.6. The number of rotatable bonds is 9. The number of sulfone groups is 1. The van der Waals surface area contributed by atoms with Gasteiger partial charge in [0.2, 0.25) is 5.91 Å². The fourth-order valence-electron chi connectivity index (χ4n) is 3.14. The quantitative estimate of drug-likeness (QED) is 0.401. The number of halogens is 1. The summed E-state index contributed by atoms with van der Waals surface area (Å²) in [6.07, 6.45) is 1.57. The van der Waals surface area contributed by atoms with Crippen LogP contribution in [0.1, 0.15) is 23.6 Å². The summed E-state index contributed by atoms with van der Waals surface area (Å²) in [4.78, 5) is 16.7. The molecule has 0 fully saturated rings. The van der Waals surface area contributed by atoms with Crippen LogP contribution >= 0.6 is 0 Å². The number of carbonyl (C=O) groups is 1. The average molecular weight is 449 g/mol. The second-order valence-electron chi connectivity index (χ2n) is 7.38. The topological polar surface area (TPSA) is 114 Å². The number of aliphatic imine (C=N–C) groups is 1. The van der Waals surface area contributed by atoms with Crippen molar-refractivity contribution in [2.45, 2.75) is 31.7 Å². The van der Waals surface area contributed by atoms with Gasteiger partial charge >= 0.3 is 0 Å². The van der Waals surface area contributed by atoms with Crippen molar-refractivity contribution in [2.24, 2.45) is 16.6 Å². The molecule has 9 heteroatoms. The number of aryl methyl sites for hydroxylation is 1. The molecule has 1 amide bonds. The molecule has 0 aliphatic carbocycles. The molecule has 2 aromatic carbocycles. The van der Waals surface area contributed by atoms with Gasteiger partial charge in [0.05, 0.1) is 17.4 Å². The number of nitrogens with two attached hydrogens (primary N) is 1. The minimum absolute atomic E-state index is 0.268. The molecule has 7 nitrogen and oxygen atoms in total. The summed E-state index contributed by atoms with van der Waals surface area (Å²) in [5, 5.41) is 6.23. The molecule has 2 aromatic rings. The Bertz CT molecular complexity index is 1040. The van der Waals surface area contributed by atoms with E-state index in [-0.39, 0.29) is 12.4 Å². The number of benzene rings is 2. The Morgan fingerprint density at radius 2 is 1.77 bits per heavy atom. The van der Waals surface area contributed by atoms with Crippen LogP contribution in [0.4, 0.5) is 4.39 Å². The van der Waals surface area contributed by atoms with Crippen LogP contribution in [0.3, 0.4) is 0 Å². The zero-order valence-corrected chi connectivity index (χ0v) is 18.8. The summed E-state index contributed by atoms with van der Waals surface area (Å²) < 4.78 is 36.6. The van der Waals surface area contributed by atoms with Gasteiger partial charge in [-0.15, -0.1) is 0 Å². The SMILES string of the molecule is CCNC(=NCc1ccc(S(C)(=O)=O)c(C)c1)NCC(Cc1ccc(F)cc1)C(N)=O. The molecule has 0 radical (unpaired) electrons. The highest BCUT2D eigenvalue weighted by molar-refractivity contribution is 7.90. The Morgan fingerprint density at radius 3 is 2.32 bits per heavy atom. The van der Waals surface area contributed by atoms with E-state index >= 15 is 0 Å². The second-order valence-corrected chi connectivity index (χ2v) is 9.36. The fourth-order valence-corrected chi connectivity index (χ4v) is 4.10. The van der Waals surface area contributed by atoms with Gasteiger partial charge in [-0.2, -0.15) is 0 Å². The Hall–Kier alpha value is -2.94. The van der Waals surface area contributed by atoms with E-state index in [0.717, 1.165) is 11.1 Å². The number of amides is 1. The summed E-state index contributed by atoms with van der Waals surface area (Å²) in [7, 11) is -3.27. The van der Waals surface area contributed by atoms with E-state index in [2.05, 4.69) is 15.6 Å². The van der Waals surface area contributed by atoms with E-state index in [4.69, 9.17) is 5.73 Å². The first kappa shape index (κ1) is 24.3. The monoisotopic (exact) mass is 448 g/mol. The van der Waals surface area contributed by atoms with Crippen molar-refractivity contribution in [1.29, 1.82) is 0 Å². The zero-order valence-electron chi connectivity index (χ0n) is 18.0. The summed E-state index contributed by atoms with van der Waals surface area (Å²) >= 11 is 0. The number of hydrogen-bond acceptors (Lipinski definition) is 4. The number of carbonyl (C=O) groups excluding carboxylic acids is 1. The van der Waals surface area contributed by atoms with Gasteiger partial charge in [0.25, 0.3) is 0 Å². The van der Waals surface area contributed by atoms with Crippen molar-refractivity contribution >= 4 is 21.7 Å². The Kier molecular flexibility index (Phi) is 8.56. The summed E-state index contributed by atoms with van der Waals surface area (Å²) in [6, 6.07) is 11.1. The van der Waals surface area contributed by atoms with Crippen LogP contribution in [0.5, 0.6) is 0 Å². The van der Waals surface area contributed by atoms with Crippen molar-refractivity contribution in [3.05, 3.63) is 65.0 Å². The third kappa shape index (κ3) is 7.67. The van der Waals surface area contributed by atoms with Crippen molar-refractivity contribution in [1.82, 2.24) is 10.6 Å². The van der Waals surface area contributed by atoms with Gasteiger partial charge in [-0.25, -0.2) is 17.8 Å². The lowest BCUT2D eigenvalue weighted by Gasteiger charge is -2.17. The number of hydrogen-bond donors (Lipinski definition) is 3. The first-order valence-corrected chi connectivity index (χ1v) is 11.8. The van der Waals surface area contributed by atoms with Gasteiger partial charge in [0.1, 0.15) is 5.82 Å². The average Bonchev–Trinajstić information content (AvgIpc) is 2.69. The number of primary amides is 1. The molecule has 0 aliphatic rings. The summed E-state index contributed by atoms with van der Waals surface area (Å²) in [6.45, 7) is 4.90. The minimum atomic E-state index is -3.27. The van der Waals surface area contributed by atoms with E-state index in [1.54, 1.807) is 37.3 Å². The van der Waals surface area contributed by atoms with Gasteiger partial charge in [0.15, 0.2) is 15.8 Å². The summed E-state index contributed by atoms with van der Waals surface area (Å²) in [5.74, 6) is -0.776. The van der Waals surface area contributed by atoms with Gasteiger partial charge in [-0.1, -0.05) is 24.3 Å². The lowest BCUT2D eigenvalue weighted by molar-refractivity contribution is -0.121. The predicted molar refractivity (Wildman–Crippen MR) is 120 cm³/mol. The number of nitrogens with one attached hydrogen (secondary N) is 2. The molecule has 0 aromatic heterocycles. The van der Waals surface area contributed by atoms with E-state index in [9.17, 15) is 17.6 Å². The number of guanidine groups is 1. The second kappa shape index (κ2) is 10.9. The third-order valence-corrected chi connectivity index (χ3v) is 5.97. The molecular weight excluding hydrogens is 419 g/mol. The van der Waals surface area contributed by atoms with Gasteiger partial charge in [-0.05, 0) is 55.2 Å². The smallest absolute Gasteiger partial charge is 0.222 e. The maximum atomic E-state index is 13.1. The molecule has 4 N–H and O–H groups in total. The van der Waals surface area contributed by atoms with Crippen molar-refractivity contribution in [2.75, 3.05) is 19.3 Å². The first-order valence-electron chi connectivity index (χ1n) is 9.95. The molecule has 31 heavy (non-hydrogen) atoms. The molecule has 0 aliphatic heterocycles. The molecule has 0 saturated heterocycles. The van der Waals surface area contributed by atoms with Crippen LogP contribution < -0.4 is 16.4 Å². The van der Waals surface area contributed by atoms with Crippen LogP contribution in [0.15, 0.2) is 52.4 Å². The molecule has 2 rings (SSSR count). The molecule has 0 spiro atoms. The van der Waals surface area contributed by atoms with Gasteiger partial charge < -0.3 is 16.4 Å².